The number of carbonyl (C=O) groups excluding carboxylic acids is 1. The summed E-state index contributed by atoms with van der Waals surface area (Å²) in [5, 5.41) is 2.89. The minimum Gasteiger partial charge on any atom is -0.372 e. The van der Waals surface area contributed by atoms with E-state index in [0.717, 1.165) is 29.3 Å². The van der Waals surface area contributed by atoms with Crippen LogP contribution in [0.5, 0.6) is 0 Å². The van der Waals surface area contributed by atoms with E-state index in [1.807, 2.05) is 36.5 Å². The standard InChI is InChI=1S/C20H25N3O2S/c1-14-12-23(13-15(2)25-14)19-8-5-17(10-21-19)11-22-20(24)9-7-18-6-4-16(3)26-18/h4-10,14-15H,11-13H2,1-3H3,(H,22,24)/b9-7+/t14-,15+. The van der Waals surface area contributed by atoms with E-state index in [1.54, 1.807) is 17.4 Å². The van der Waals surface area contributed by atoms with Crippen LogP contribution in [0, 0.1) is 6.92 Å². The summed E-state index contributed by atoms with van der Waals surface area (Å²) in [5.74, 6) is 0.853. The van der Waals surface area contributed by atoms with Gasteiger partial charge in [-0.05, 0) is 50.6 Å². The second-order valence-electron chi connectivity index (χ2n) is 6.69. The van der Waals surface area contributed by atoms with Gasteiger partial charge in [0.1, 0.15) is 5.82 Å². The lowest BCUT2D eigenvalue weighted by Gasteiger charge is -2.36. The molecule has 138 valence electrons. The fourth-order valence-corrected chi connectivity index (χ4v) is 3.80. The molecule has 0 spiro atoms. The van der Waals surface area contributed by atoms with E-state index in [1.165, 1.54) is 4.88 Å². The monoisotopic (exact) mass is 371 g/mol. The number of hydrogen-bond donors (Lipinski definition) is 1. The molecular weight excluding hydrogens is 346 g/mol. The van der Waals surface area contributed by atoms with E-state index < -0.39 is 0 Å². The number of carbonyl (C=O) groups is 1. The van der Waals surface area contributed by atoms with Crippen molar-refractivity contribution in [1.29, 1.82) is 0 Å². The van der Waals surface area contributed by atoms with E-state index in [4.69, 9.17) is 4.74 Å². The summed E-state index contributed by atoms with van der Waals surface area (Å²) in [6.45, 7) is 8.38. The van der Waals surface area contributed by atoms with E-state index >= 15 is 0 Å². The summed E-state index contributed by atoms with van der Waals surface area (Å²) in [4.78, 5) is 21.1. The van der Waals surface area contributed by atoms with Crippen LogP contribution >= 0.6 is 11.3 Å². The first kappa shape index (κ1) is 18.6. The molecule has 6 heteroatoms. The summed E-state index contributed by atoms with van der Waals surface area (Å²) >= 11 is 1.67. The molecule has 0 saturated carbocycles. The van der Waals surface area contributed by atoms with Crippen molar-refractivity contribution in [2.45, 2.75) is 39.5 Å². The first-order valence-corrected chi connectivity index (χ1v) is 9.69. The zero-order chi connectivity index (χ0) is 18.5. The maximum Gasteiger partial charge on any atom is 0.244 e. The molecule has 1 aliphatic heterocycles. The molecule has 0 aromatic carbocycles. The maximum atomic E-state index is 11.9. The molecule has 0 unspecified atom stereocenters. The van der Waals surface area contributed by atoms with E-state index in [2.05, 4.69) is 36.0 Å². The Morgan fingerprint density at radius 2 is 2.08 bits per heavy atom. The van der Waals surface area contributed by atoms with Crippen molar-refractivity contribution in [2.24, 2.45) is 0 Å². The average Bonchev–Trinajstić information content (AvgIpc) is 3.03. The molecule has 3 heterocycles. The van der Waals surface area contributed by atoms with Gasteiger partial charge in [-0.25, -0.2) is 4.98 Å². The van der Waals surface area contributed by atoms with Crippen molar-refractivity contribution in [3.8, 4) is 0 Å². The van der Waals surface area contributed by atoms with Crippen LogP contribution in [-0.4, -0.2) is 36.2 Å². The number of rotatable bonds is 5. The normalized spacial score (nSPS) is 20.5. The molecule has 0 radical (unpaired) electrons. The SMILES string of the molecule is Cc1ccc(/C=C/C(=O)NCc2ccc(N3C[C@@H](C)O[C@@H](C)C3)nc2)s1. The van der Waals surface area contributed by atoms with Crippen LogP contribution in [0.2, 0.25) is 0 Å². The van der Waals surface area contributed by atoms with E-state index in [9.17, 15) is 4.79 Å². The van der Waals surface area contributed by atoms with Crippen molar-refractivity contribution < 1.29 is 9.53 Å². The minimum absolute atomic E-state index is 0.101. The van der Waals surface area contributed by atoms with Crippen molar-refractivity contribution in [2.75, 3.05) is 18.0 Å². The molecule has 5 nitrogen and oxygen atoms in total. The zero-order valence-corrected chi connectivity index (χ0v) is 16.3. The fourth-order valence-electron chi connectivity index (χ4n) is 3.02. The Morgan fingerprint density at radius 1 is 1.31 bits per heavy atom. The Balaban J connectivity index is 1.51. The van der Waals surface area contributed by atoms with Gasteiger partial charge in [0.25, 0.3) is 0 Å². The number of nitrogens with zero attached hydrogens (tertiary/aromatic N) is 2. The van der Waals surface area contributed by atoms with Gasteiger partial charge < -0.3 is 15.0 Å². The van der Waals surface area contributed by atoms with Gasteiger partial charge in [-0.15, -0.1) is 11.3 Å². The molecule has 1 amide bonds. The molecule has 1 aliphatic rings. The highest BCUT2D eigenvalue weighted by molar-refractivity contribution is 7.12. The van der Waals surface area contributed by atoms with Gasteiger partial charge in [0.15, 0.2) is 0 Å². The second kappa shape index (κ2) is 8.47. The summed E-state index contributed by atoms with van der Waals surface area (Å²) in [5.41, 5.74) is 0.983. The van der Waals surface area contributed by atoms with Crippen LogP contribution in [0.1, 0.15) is 29.2 Å². The largest absolute Gasteiger partial charge is 0.372 e. The third-order valence-electron chi connectivity index (χ3n) is 4.18. The van der Waals surface area contributed by atoms with E-state index in [0.29, 0.717) is 6.54 Å². The quantitative estimate of drug-likeness (QED) is 0.819. The number of morpholine rings is 1. The van der Waals surface area contributed by atoms with Crippen molar-refractivity contribution >= 4 is 29.1 Å². The highest BCUT2D eigenvalue weighted by atomic mass is 32.1. The molecule has 3 rings (SSSR count). The number of hydrogen-bond acceptors (Lipinski definition) is 5. The zero-order valence-electron chi connectivity index (χ0n) is 15.4. The Hall–Kier alpha value is -2.18. The number of aromatic nitrogens is 1. The topological polar surface area (TPSA) is 54.5 Å². The highest BCUT2D eigenvalue weighted by Gasteiger charge is 2.22. The average molecular weight is 372 g/mol. The van der Waals surface area contributed by atoms with Gasteiger partial charge >= 0.3 is 0 Å². The first-order valence-electron chi connectivity index (χ1n) is 8.87. The molecule has 1 N–H and O–H groups in total. The smallest absolute Gasteiger partial charge is 0.244 e. The Kier molecular flexibility index (Phi) is 6.06. The molecule has 2 aromatic heterocycles. The number of pyridine rings is 1. The maximum absolute atomic E-state index is 11.9. The number of thiophene rings is 1. The lowest BCUT2D eigenvalue weighted by atomic mass is 10.2. The first-order chi connectivity index (χ1) is 12.5. The van der Waals surface area contributed by atoms with Crippen LogP contribution in [0.3, 0.4) is 0 Å². The van der Waals surface area contributed by atoms with Crippen molar-refractivity contribution in [3.05, 3.63) is 51.9 Å². The lowest BCUT2D eigenvalue weighted by molar-refractivity contribution is -0.116. The lowest BCUT2D eigenvalue weighted by Crippen LogP contribution is -2.45. The summed E-state index contributed by atoms with van der Waals surface area (Å²) in [6.07, 6.45) is 5.66. The van der Waals surface area contributed by atoms with Gasteiger partial charge in [-0.2, -0.15) is 0 Å². The van der Waals surface area contributed by atoms with Crippen molar-refractivity contribution in [3.63, 3.8) is 0 Å². The predicted molar refractivity (Wildman–Crippen MR) is 106 cm³/mol. The molecule has 1 fully saturated rings. The van der Waals surface area contributed by atoms with Gasteiger partial charge in [0, 0.05) is 41.7 Å². The van der Waals surface area contributed by atoms with Gasteiger partial charge in [0.05, 0.1) is 12.2 Å². The summed E-state index contributed by atoms with van der Waals surface area (Å²) < 4.78 is 5.76. The molecule has 2 aromatic rings. The number of ether oxygens (including phenoxy) is 1. The Bertz CT molecular complexity index is 760. The molecule has 0 bridgehead atoms. The fraction of sp³-hybridized carbons (Fsp3) is 0.400. The third kappa shape index (κ3) is 5.16. The molecule has 1 saturated heterocycles. The van der Waals surface area contributed by atoms with Gasteiger partial charge in [0.2, 0.25) is 5.91 Å². The van der Waals surface area contributed by atoms with Crippen LogP contribution in [0.4, 0.5) is 5.82 Å². The molecule has 0 aliphatic carbocycles. The second-order valence-corrected chi connectivity index (χ2v) is 8.01. The third-order valence-corrected chi connectivity index (χ3v) is 5.15. The Labute approximate surface area is 158 Å². The number of anilines is 1. The van der Waals surface area contributed by atoms with Crippen LogP contribution < -0.4 is 10.2 Å². The molecular formula is C20H25N3O2S. The highest BCUT2D eigenvalue weighted by Crippen LogP contribution is 2.18. The summed E-state index contributed by atoms with van der Waals surface area (Å²) in [7, 11) is 0. The Morgan fingerprint density at radius 3 is 2.69 bits per heavy atom. The minimum atomic E-state index is -0.101. The van der Waals surface area contributed by atoms with Crippen molar-refractivity contribution in [1.82, 2.24) is 10.3 Å². The molecule has 26 heavy (non-hydrogen) atoms. The van der Waals surface area contributed by atoms with Crippen LogP contribution in [-0.2, 0) is 16.1 Å². The molecule has 2 atom stereocenters. The van der Waals surface area contributed by atoms with E-state index in [-0.39, 0.29) is 18.1 Å². The number of aryl methyl sites for hydroxylation is 1. The van der Waals surface area contributed by atoms with Gasteiger partial charge in [-0.3, -0.25) is 4.79 Å². The number of amides is 1. The number of nitrogens with one attached hydrogen (secondary N) is 1. The van der Waals surface area contributed by atoms with Gasteiger partial charge in [-0.1, -0.05) is 6.07 Å². The summed E-state index contributed by atoms with van der Waals surface area (Å²) in [6, 6.07) is 8.08. The van der Waals surface area contributed by atoms with Crippen LogP contribution in [0.15, 0.2) is 36.5 Å². The van der Waals surface area contributed by atoms with Crippen LogP contribution in [0.25, 0.3) is 6.08 Å². The predicted octanol–water partition coefficient (Wildman–Crippen LogP) is 3.39.